The number of anilines is 1. The maximum Gasteiger partial charge on any atom is 0.251 e. The Morgan fingerprint density at radius 1 is 1.47 bits per heavy atom. The van der Waals surface area contributed by atoms with Crippen LogP contribution in [-0.2, 0) is 9.84 Å². The molecule has 2 heterocycles. The third-order valence-corrected chi connectivity index (χ3v) is 4.80. The minimum absolute atomic E-state index is 0.0321. The van der Waals surface area contributed by atoms with Crippen molar-refractivity contribution in [3.05, 3.63) is 23.9 Å². The van der Waals surface area contributed by atoms with Gasteiger partial charge in [-0.3, -0.25) is 4.79 Å². The second-order valence-electron chi connectivity index (χ2n) is 4.87. The van der Waals surface area contributed by atoms with E-state index in [1.165, 1.54) is 0 Å². The monoisotopic (exact) mass is 283 g/mol. The molecule has 0 radical (unpaired) electrons. The first-order valence-corrected chi connectivity index (χ1v) is 7.84. The van der Waals surface area contributed by atoms with E-state index < -0.39 is 9.84 Å². The Bertz CT molecular complexity index is 584. The van der Waals surface area contributed by atoms with E-state index in [0.717, 1.165) is 0 Å². The fourth-order valence-electron chi connectivity index (χ4n) is 1.98. The van der Waals surface area contributed by atoms with E-state index in [9.17, 15) is 13.2 Å². The van der Waals surface area contributed by atoms with Crippen molar-refractivity contribution in [3.63, 3.8) is 0 Å². The summed E-state index contributed by atoms with van der Waals surface area (Å²) < 4.78 is 22.7. The molecule has 0 saturated carbocycles. The van der Waals surface area contributed by atoms with E-state index in [0.29, 0.717) is 17.8 Å². The first-order valence-electron chi connectivity index (χ1n) is 6.02. The second kappa shape index (κ2) is 5.16. The number of rotatable bonds is 3. The zero-order valence-electron chi connectivity index (χ0n) is 11.0. The van der Waals surface area contributed by atoms with Crippen molar-refractivity contribution >= 4 is 21.6 Å². The largest absolute Gasteiger partial charge is 0.363 e. The van der Waals surface area contributed by atoms with Gasteiger partial charge in [0.2, 0.25) is 0 Å². The molecule has 2 rings (SSSR count). The number of sulfone groups is 1. The molecule has 1 saturated heterocycles. The lowest BCUT2D eigenvalue weighted by Crippen LogP contribution is -2.35. The van der Waals surface area contributed by atoms with Gasteiger partial charge in [0.15, 0.2) is 9.84 Å². The van der Waals surface area contributed by atoms with Crippen LogP contribution in [0.15, 0.2) is 18.3 Å². The summed E-state index contributed by atoms with van der Waals surface area (Å²) in [6.45, 7) is 0. The van der Waals surface area contributed by atoms with Crippen LogP contribution in [-0.4, -0.2) is 51.0 Å². The molecule has 1 aliphatic rings. The number of carbonyl (C=O) groups excluding carboxylic acids is 1. The Hall–Kier alpha value is -1.63. The van der Waals surface area contributed by atoms with Crippen molar-refractivity contribution in [1.29, 1.82) is 0 Å². The zero-order valence-corrected chi connectivity index (χ0v) is 11.8. The maximum absolute atomic E-state index is 12.0. The van der Waals surface area contributed by atoms with Crippen LogP contribution in [0.3, 0.4) is 0 Å². The van der Waals surface area contributed by atoms with Gasteiger partial charge in [-0.15, -0.1) is 0 Å². The molecule has 104 valence electrons. The maximum atomic E-state index is 12.0. The van der Waals surface area contributed by atoms with Gasteiger partial charge in [-0.2, -0.15) is 0 Å². The van der Waals surface area contributed by atoms with Gasteiger partial charge in [0.1, 0.15) is 5.82 Å². The summed E-state index contributed by atoms with van der Waals surface area (Å²) in [5.41, 5.74) is 0.489. The number of amides is 1. The summed E-state index contributed by atoms with van der Waals surface area (Å²) >= 11 is 0. The lowest BCUT2D eigenvalue weighted by atomic mass is 10.2. The van der Waals surface area contributed by atoms with Gasteiger partial charge in [-0.1, -0.05) is 0 Å². The van der Waals surface area contributed by atoms with Crippen molar-refractivity contribution in [3.8, 4) is 0 Å². The van der Waals surface area contributed by atoms with Crippen molar-refractivity contribution < 1.29 is 13.2 Å². The van der Waals surface area contributed by atoms with Crippen LogP contribution >= 0.6 is 0 Å². The van der Waals surface area contributed by atoms with Crippen LogP contribution in [0.1, 0.15) is 16.8 Å². The third kappa shape index (κ3) is 3.44. The van der Waals surface area contributed by atoms with Gasteiger partial charge < -0.3 is 10.2 Å². The Balaban J connectivity index is 2.06. The quantitative estimate of drug-likeness (QED) is 0.849. The van der Waals surface area contributed by atoms with Gasteiger partial charge in [-0.25, -0.2) is 13.4 Å². The lowest BCUT2D eigenvalue weighted by molar-refractivity contribution is 0.0941. The normalized spacial score (nSPS) is 21.1. The highest BCUT2D eigenvalue weighted by molar-refractivity contribution is 7.91. The Morgan fingerprint density at radius 2 is 2.21 bits per heavy atom. The number of nitrogens with one attached hydrogen (secondary N) is 1. The van der Waals surface area contributed by atoms with Crippen LogP contribution < -0.4 is 10.2 Å². The second-order valence-corrected chi connectivity index (χ2v) is 7.10. The molecule has 0 aromatic carbocycles. The van der Waals surface area contributed by atoms with Crippen molar-refractivity contribution in [2.24, 2.45) is 0 Å². The molecule has 7 heteroatoms. The highest BCUT2D eigenvalue weighted by atomic mass is 32.2. The highest BCUT2D eigenvalue weighted by Crippen LogP contribution is 2.13. The number of hydrogen-bond acceptors (Lipinski definition) is 5. The summed E-state index contributed by atoms with van der Waals surface area (Å²) in [6.07, 6.45) is 2.05. The molecule has 1 aromatic rings. The minimum atomic E-state index is -2.98. The molecule has 1 aromatic heterocycles. The predicted octanol–water partition coefficient (Wildman–Crippen LogP) is 0.0645. The smallest absolute Gasteiger partial charge is 0.251 e. The molecule has 0 bridgehead atoms. The Labute approximate surface area is 112 Å². The molecular formula is C12H17N3O3S. The number of pyridine rings is 1. The molecule has 1 N–H and O–H groups in total. The molecule has 6 nitrogen and oxygen atoms in total. The number of carbonyl (C=O) groups is 1. The Kier molecular flexibility index (Phi) is 3.75. The van der Waals surface area contributed by atoms with Gasteiger partial charge in [0, 0.05) is 31.9 Å². The SMILES string of the molecule is CN(C)c1cc(C(=O)N[C@@H]2CCS(=O)(=O)C2)ccn1. The van der Waals surface area contributed by atoms with E-state index in [1.807, 2.05) is 14.1 Å². The van der Waals surface area contributed by atoms with Gasteiger partial charge in [0.05, 0.1) is 11.5 Å². The van der Waals surface area contributed by atoms with Crippen LogP contribution in [0.4, 0.5) is 5.82 Å². The van der Waals surface area contributed by atoms with E-state index in [-0.39, 0.29) is 23.5 Å². The van der Waals surface area contributed by atoms with E-state index in [2.05, 4.69) is 10.3 Å². The summed E-state index contributed by atoms with van der Waals surface area (Å²) in [7, 11) is 0.701. The van der Waals surface area contributed by atoms with Crippen molar-refractivity contribution in [2.45, 2.75) is 12.5 Å². The Morgan fingerprint density at radius 3 is 2.79 bits per heavy atom. The highest BCUT2D eigenvalue weighted by Gasteiger charge is 2.29. The third-order valence-electron chi connectivity index (χ3n) is 3.03. The number of hydrogen-bond donors (Lipinski definition) is 1. The summed E-state index contributed by atoms with van der Waals surface area (Å²) in [6, 6.07) is 3.01. The fourth-order valence-corrected chi connectivity index (χ4v) is 3.66. The molecule has 0 spiro atoms. The summed E-state index contributed by atoms with van der Waals surface area (Å²) in [5.74, 6) is 0.612. The van der Waals surface area contributed by atoms with Crippen molar-refractivity contribution in [2.75, 3.05) is 30.5 Å². The van der Waals surface area contributed by atoms with E-state index in [4.69, 9.17) is 0 Å². The molecule has 1 aliphatic heterocycles. The lowest BCUT2D eigenvalue weighted by Gasteiger charge is -2.14. The van der Waals surface area contributed by atoms with E-state index in [1.54, 1.807) is 23.2 Å². The van der Waals surface area contributed by atoms with Crippen LogP contribution in [0, 0.1) is 0 Å². The number of nitrogens with zero attached hydrogens (tertiary/aromatic N) is 2. The zero-order chi connectivity index (χ0) is 14.0. The van der Waals surface area contributed by atoms with Gasteiger partial charge in [-0.05, 0) is 18.6 Å². The molecule has 1 amide bonds. The van der Waals surface area contributed by atoms with E-state index >= 15 is 0 Å². The number of aromatic nitrogens is 1. The van der Waals surface area contributed by atoms with Gasteiger partial charge in [0.25, 0.3) is 5.91 Å². The molecule has 1 atom stereocenters. The van der Waals surface area contributed by atoms with Gasteiger partial charge >= 0.3 is 0 Å². The topological polar surface area (TPSA) is 79.4 Å². The molecule has 1 fully saturated rings. The molecule has 0 unspecified atom stereocenters. The molecule has 19 heavy (non-hydrogen) atoms. The average Bonchev–Trinajstić information content (AvgIpc) is 2.68. The summed E-state index contributed by atoms with van der Waals surface area (Å²) in [4.78, 5) is 18.0. The first kappa shape index (κ1) is 13.8. The standard InChI is InChI=1S/C12H17N3O3S/c1-15(2)11-7-9(3-5-13-11)12(16)14-10-4-6-19(17,18)8-10/h3,5,7,10H,4,6,8H2,1-2H3,(H,14,16)/t10-/m1/s1. The van der Waals surface area contributed by atoms with Crippen LogP contribution in [0.2, 0.25) is 0 Å². The van der Waals surface area contributed by atoms with Crippen LogP contribution in [0.5, 0.6) is 0 Å². The first-order chi connectivity index (χ1) is 8.87. The van der Waals surface area contributed by atoms with Crippen molar-refractivity contribution in [1.82, 2.24) is 10.3 Å². The van der Waals surface area contributed by atoms with Crippen LogP contribution in [0.25, 0.3) is 0 Å². The molecular weight excluding hydrogens is 266 g/mol. The predicted molar refractivity (Wildman–Crippen MR) is 73.1 cm³/mol. The summed E-state index contributed by atoms with van der Waals surface area (Å²) in [5, 5.41) is 2.75. The average molecular weight is 283 g/mol. The fraction of sp³-hybridized carbons (Fsp3) is 0.500. The molecule has 0 aliphatic carbocycles. The minimum Gasteiger partial charge on any atom is -0.363 e.